The van der Waals surface area contributed by atoms with E-state index in [1.165, 1.54) is 0 Å². The summed E-state index contributed by atoms with van der Waals surface area (Å²) in [5.41, 5.74) is 0.0228. The smallest absolute Gasteiger partial charge is 0.145 e. The number of hydrogen-bond donors (Lipinski definition) is 0. The van der Waals surface area contributed by atoms with Gasteiger partial charge in [0.25, 0.3) is 0 Å². The number of para-hydroxylation sites is 1. The van der Waals surface area contributed by atoms with Gasteiger partial charge >= 0.3 is 0 Å². The summed E-state index contributed by atoms with van der Waals surface area (Å²) in [5.74, 6) is 0.738. The van der Waals surface area contributed by atoms with Crippen LogP contribution >= 0.6 is 0 Å². The molecule has 12 nitrogen and oxygen atoms in total. The second-order valence-electron chi connectivity index (χ2n) is 10.4. The SMILES string of the molecule is CCCCOCC1(OCCOCCOc2cccc3cccnc23)COCCOCCOCCOCCOCCOCCOC1. The van der Waals surface area contributed by atoms with Crippen LogP contribution in [0, 0.1) is 0 Å². The Morgan fingerprint density at radius 3 is 1.78 bits per heavy atom. The van der Waals surface area contributed by atoms with Crippen LogP contribution in [0.2, 0.25) is 0 Å². The highest BCUT2D eigenvalue weighted by Gasteiger charge is 2.33. The van der Waals surface area contributed by atoms with Crippen molar-refractivity contribution in [1.29, 1.82) is 0 Å². The van der Waals surface area contributed by atoms with E-state index < -0.39 is 5.60 Å². The van der Waals surface area contributed by atoms with Gasteiger partial charge in [-0.2, -0.15) is 0 Å². The van der Waals surface area contributed by atoms with Crippen LogP contribution in [0.25, 0.3) is 10.9 Å². The molecule has 0 bridgehead atoms. The fourth-order valence-electron chi connectivity index (χ4n) is 4.31. The summed E-state index contributed by atoms with van der Waals surface area (Å²) in [6.07, 6.45) is 3.77. The number of hydrogen-bond acceptors (Lipinski definition) is 12. The van der Waals surface area contributed by atoms with Gasteiger partial charge in [0.05, 0.1) is 119 Å². The van der Waals surface area contributed by atoms with E-state index in [1.807, 2.05) is 30.3 Å². The maximum Gasteiger partial charge on any atom is 0.145 e. The zero-order valence-corrected chi connectivity index (χ0v) is 27.0. The molecule has 1 aliphatic heterocycles. The van der Waals surface area contributed by atoms with Gasteiger partial charge in [-0.15, -0.1) is 0 Å². The summed E-state index contributed by atoms with van der Waals surface area (Å²) in [7, 11) is 0. The van der Waals surface area contributed by atoms with E-state index in [-0.39, 0.29) is 13.2 Å². The second-order valence-corrected chi connectivity index (χ2v) is 10.4. The molecule has 0 saturated carbocycles. The van der Waals surface area contributed by atoms with Crippen LogP contribution in [0.15, 0.2) is 36.5 Å². The number of benzene rings is 1. The first kappa shape index (κ1) is 37.5. The maximum absolute atomic E-state index is 6.39. The second kappa shape index (κ2) is 25.2. The van der Waals surface area contributed by atoms with Crippen molar-refractivity contribution in [2.24, 2.45) is 0 Å². The van der Waals surface area contributed by atoms with E-state index in [4.69, 9.17) is 52.1 Å². The fourth-order valence-corrected chi connectivity index (χ4v) is 4.31. The average molecular weight is 640 g/mol. The summed E-state index contributed by atoms with van der Waals surface area (Å²) >= 11 is 0. The van der Waals surface area contributed by atoms with E-state index in [2.05, 4.69) is 11.9 Å². The van der Waals surface area contributed by atoms with Crippen molar-refractivity contribution in [2.75, 3.05) is 132 Å². The highest BCUT2D eigenvalue weighted by Crippen LogP contribution is 2.22. The topological polar surface area (TPSA) is 114 Å². The van der Waals surface area contributed by atoms with Crippen LogP contribution < -0.4 is 4.74 Å². The number of rotatable bonds is 13. The van der Waals surface area contributed by atoms with E-state index in [9.17, 15) is 0 Å². The molecule has 12 heteroatoms. The molecule has 0 N–H and O–H groups in total. The number of ether oxygens (including phenoxy) is 11. The summed E-state index contributed by atoms with van der Waals surface area (Å²) in [6, 6.07) is 9.81. The molecule has 1 aliphatic rings. The number of nitrogens with zero attached hydrogens (tertiary/aromatic N) is 1. The molecule has 1 fully saturated rings. The quantitative estimate of drug-likeness (QED) is 0.300. The zero-order valence-electron chi connectivity index (χ0n) is 27.0. The molecule has 0 aliphatic carbocycles. The predicted octanol–water partition coefficient (Wildman–Crippen LogP) is 3.33. The Hall–Kier alpha value is -1.97. The minimum Gasteiger partial charge on any atom is -0.489 e. The molecule has 1 saturated heterocycles. The van der Waals surface area contributed by atoms with Crippen LogP contribution in [-0.2, 0) is 47.4 Å². The van der Waals surface area contributed by atoms with Crippen molar-refractivity contribution in [1.82, 2.24) is 4.98 Å². The Morgan fingerprint density at radius 2 is 1.18 bits per heavy atom. The van der Waals surface area contributed by atoms with Crippen LogP contribution in [0.4, 0.5) is 0 Å². The van der Waals surface area contributed by atoms with Gasteiger partial charge in [0.2, 0.25) is 0 Å². The third-order valence-electron chi connectivity index (χ3n) is 6.69. The molecule has 1 aromatic carbocycles. The van der Waals surface area contributed by atoms with Gasteiger partial charge in [0, 0.05) is 18.2 Å². The van der Waals surface area contributed by atoms with Gasteiger partial charge in [-0.25, -0.2) is 0 Å². The third kappa shape index (κ3) is 17.0. The fraction of sp³-hybridized carbons (Fsp3) is 0.727. The molecule has 2 heterocycles. The number of pyridine rings is 1. The largest absolute Gasteiger partial charge is 0.489 e. The lowest BCUT2D eigenvalue weighted by Crippen LogP contribution is -2.48. The lowest BCUT2D eigenvalue weighted by Gasteiger charge is -2.33. The lowest BCUT2D eigenvalue weighted by molar-refractivity contribution is -0.177. The van der Waals surface area contributed by atoms with Crippen molar-refractivity contribution in [3.63, 3.8) is 0 Å². The third-order valence-corrected chi connectivity index (χ3v) is 6.69. The molecular weight excluding hydrogens is 586 g/mol. The number of aromatic nitrogens is 1. The van der Waals surface area contributed by atoms with Gasteiger partial charge < -0.3 is 52.1 Å². The van der Waals surface area contributed by atoms with E-state index >= 15 is 0 Å². The van der Waals surface area contributed by atoms with Gasteiger partial charge in [0.15, 0.2) is 0 Å². The number of unbranched alkanes of at least 4 members (excludes halogenated alkanes) is 1. The van der Waals surface area contributed by atoms with Gasteiger partial charge in [-0.3, -0.25) is 4.98 Å². The Bertz CT molecular complexity index is 955. The standard InChI is InChI=1S/C33H53NO11/c1-2-3-10-41-27-33(45-26-24-40-23-25-44-31-8-4-6-30-7-5-9-34-32(30)31)28-42-21-19-38-17-15-36-13-11-35-12-14-37-16-18-39-20-22-43-29-33/h4-9H,2-3,10-29H2,1H3. The Balaban J connectivity index is 1.46. The lowest BCUT2D eigenvalue weighted by atomic mass is 10.1. The van der Waals surface area contributed by atoms with Crippen molar-refractivity contribution in [3.05, 3.63) is 36.5 Å². The van der Waals surface area contributed by atoms with Crippen molar-refractivity contribution in [3.8, 4) is 5.75 Å². The Morgan fingerprint density at radius 1 is 0.622 bits per heavy atom. The molecule has 0 spiro atoms. The first-order valence-corrected chi connectivity index (χ1v) is 16.1. The average Bonchev–Trinajstić information content (AvgIpc) is 3.06. The summed E-state index contributed by atoms with van der Waals surface area (Å²) < 4.78 is 64.1. The molecular formula is C33H53NO11. The Labute approximate surface area is 267 Å². The number of fused-ring (bicyclic) bond motifs is 1. The maximum atomic E-state index is 6.39. The predicted molar refractivity (Wildman–Crippen MR) is 168 cm³/mol. The van der Waals surface area contributed by atoms with Crippen molar-refractivity contribution < 1.29 is 52.1 Å². The minimum atomic E-state index is -0.814. The van der Waals surface area contributed by atoms with Crippen molar-refractivity contribution in [2.45, 2.75) is 25.4 Å². The highest BCUT2D eigenvalue weighted by atomic mass is 16.6. The molecule has 0 radical (unpaired) electrons. The van der Waals surface area contributed by atoms with Crippen LogP contribution in [-0.4, -0.2) is 143 Å². The molecule has 0 unspecified atom stereocenters. The monoisotopic (exact) mass is 639 g/mol. The summed E-state index contributed by atoms with van der Waals surface area (Å²) in [5, 5.41) is 1.04. The van der Waals surface area contributed by atoms with Crippen LogP contribution in [0.3, 0.4) is 0 Å². The first-order chi connectivity index (χ1) is 22.3. The zero-order chi connectivity index (χ0) is 31.5. The van der Waals surface area contributed by atoms with E-state index in [0.717, 1.165) is 29.5 Å². The molecule has 3 rings (SSSR count). The molecule has 0 atom stereocenters. The summed E-state index contributed by atoms with van der Waals surface area (Å²) in [4.78, 5) is 4.43. The van der Waals surface area contributed by atoms with Gasteiger partial charge in [-0.1, -0.05) is 31.5 Å². The highest BCUT2D eigenvalue weighted by molar-refractivity contribution is 5.84. The molecule has 256 valence electrons. The van der Waals surface area contributed by atoms with Crippen LogP contribution in [0.1, 0.15) is 19.8 Å². The molecule has 1 aromatic heterocycles. The van der Waals surface area contributed by atoms with E-state index in [0.29, 0.717) is 119 Å². The van der Waals surface area contributed by atoms with Crippen LogP contribution in [0.5, 0.6) is 5.75 Å². The van der Waals surface area contributed by atoms with E-state index in [1.54, 1.807) is 6.20 Å². The minimum absolute atomic E-state index is 0.280. The first-order valence-electron chi connectivity index (χ1n) is 16.1. The van der Waals surface area contributed by atoms with Crippen molar-refractivity contribution >= 4 is 10.9 Å². The molecule has 0 amide bonds. The van der Waals surface area contributed by atoms with Gasteiger partial charge in [0.1, 0.15) is 23.5 Å². The Kier molecular flexibility index (Phi) is 21.0. The summed E-state index contributed by atoms with van der Waals surface area (Å²) in [6.45, 7) is 10.9. The van der Waals surface area contributed by atoms with Gasteiger partial charge in [-0.05, 0) is 18.6 Å². The normalized spacial score (nSPS) is 19.0. The molecule has 45 heavy (non-hydrogen) atoms. The molecule has 2 aromatic rings.